The first kappa shape index (κ1) is 14.3. The van der Waals surface area contributed by atoms with E-state index in [1.165, 1.54) is 0 Å². The summed E-state index contributed by atoms with van der Waals surface area (Å²) in [5.41, 5.74) is 4.80. The van der Waals surface area contributed by atoms with Gasteiger partial charge in [-0.25, -0.2) is 4.99 Å². The molecule has 5 heteroatoms. The van der Waals surface area contributed by atoms with Crippen LogP contribution in [0.5, 0.6) is 0 Å². The number of aryl methyl sites for hydroxylation is 2. The molecule has 0 bridgehead atoms. The Morgan fingerprint density at radius 1 is 1.14 bits per heavy atom. The second kappa shape index (κ2) is 5.28. The molecule has 0 saturated heterocycles. The summed E-state index contributed by atoms with van der Waals surface area (Å²) in [4.78, 5) is 16.6. The van der Waals surface area contributed by atoms with Crippen molar-refractivity contribution in [2.45, 2.75) is 13.8 Å². The zero-order valence-corrected chi connectivity index (χ0v) is 13.8. The standard InChI is InChI=1S/C16H12BrClN2O/c1-8-5-11(6-9(2)14(8)17)19-15-12-7-10(18)3-4-13(12)20-16(15)21/h3-7H,1-2H3,(H,19,20,21). The van der Waals surface area contributed by atoms with Gasteiger partial charge in [0.15, 0.2) is 0 Å². The van der Waals surface area contributed by atoms with E-state index in [0.29, 0.717) is 10.7 Å². The lowest BCUT2D eigenvalue weighted by Crippen LogP contribution is -2.13. The summed E-state index contributed by atoms with van der Waals surface area (Å²) in [7, 11) is 0. The van der Waals surface area contributed by atoms with Crippen LogP contribution in [0.3, 0.4) is 0 Å². The summed E-state index contributed by atoms with van der Waals surface area (Å²) in [5.74, 6) is -0.203. The monoisotopic (exact) mass is 362 g/mol. The van der Waals surface area contributed by atoms with Crippen LogP contribution in [0, 0.1) is 13.8 Å². The van der Waals surface area contributed by atoms with Gasteiger partial charge >= 0.3 is 0 Å². The number of hydrogen-bond acceptors (Lipinski definition) is 2. The van der Waals surface area contributed by atoms with Crippen molar-refractivity contribution in [3.63, 3.8) is 0 Å². The molecule has 0 unspecified atom stereocenters. The smallest absolute Gasteiger partial charge is 0.275 e. The highest BCUT2D eigenvalue weighted by Crippen LogP contribution is 2.31. The Kier molecular flexibility index (Phi) is 3.59. The van der Waals surface area contributed by atoms with Crippen molar-refractivity contribution in [1.29, 1.82) is 0 Å². The minimum atomic E-state index is -0.203. The number of carbonyl (C=O) groups excluding carboxylic acids is 1. The number of hydrogen-bond donors (Lipinski definition) is 1. The third-order valence-electron chi connectivity index (χ3n) is 3.36. The normalized spacial score (nSPS) is 15.2. The first-order chi connectivity index (χ1) is 9.95. The number of aliphatic imine (C=N–C) groups is 1. The Balaban J connectivity index is 2.13. The molecule has 21 heavy (non-hydrogen) atoms. The van der Waals surface area contributed by atoms with Crippen molar-refractivity contribution in [1.82, 2.24) is 0 Å². The number of anilines is 1. The van der Waals surface area contributed by atoms with Crippen molar-refractivity contribution in [2.24, 2.45) is 4.99 Å². The molecule has 0 spiro atoms. The molecule has 0 fully saturated rings. The molecule has 0 atom stereocenters. The lowest BCUT2D eigenvalue weighted by atomic mass is 10.1. The Labute approximate surface area is 136 Å². The van der Waals surface area contributed by atoms with E-state index in [1.807, 2.05) is 26.0 Å². The predicted octanol–water partition coefficient (Wildman–Crippen LogP) is 4.79. The lowest BCUT2D eigenvalue weighted by Gasteiger charge is -2.05. The molecule has 3 nitrogen and oxygen atoms in total. The molecule has 1 aliphatic rings. The van der Waals surface area contributed by atoms with Crippen molar-refractivity contribution >= 4 is 50.5 Å². The molecular formula is C16H12BrClN2O. The molecule has 2 aromatic rings. The van der Waals surface area contributed by atoms with Crippen LogP contribution in [-0.4, -0.2) is 11.6 Å². The second-order valence-corrected chi connectivity index (χ2v) is 6.23. The van der Waals surface area contributed by atoms with E-state index in [1.54, 1.807) is 18.2 Å². The van der Waals surface area contributed by atoms with Crippen LogP contribution < -0.4 is 5.32 Å². The zero-order chi connectivity index (χ0) is 15.1. The number of fused-ring (bicyclic) bond motifs is 1. The minimum absolute atomic E-state index is 0.203. The molecular weight excluding hydrogens is 352 g/mol. The lowest BCUT2D eigenvalue weighted by molar-refractivity contribution is -0.110. The van der Waals surface area contributed by atoms with Crippen molar-refractivity contribution in [3.05, 3.63) is 56.5 Å². The van der Waals surface area contributed by atoms with Gasteiger partial charge in [0.2, 0.25) is 0 Å². The summed E-state index contributed by atoms with van der Waals surface area (Å²) < 4.78 is 1.06. The summed E-state index contributed by atoms with van der Waals surface area (Å²) in [5, 5.41) is 3.38. The summed E-state index contributed by atoms with van der Waals surface area (Å²) in [6, 6.07) is 9.18. The molecule has 3 rings (SSSR count). The molecule has 2 aromatic carbocycles. The Morgan fingerprint density at radius 3 is 2.48 bits per heavy atom. The van der Waals surface area contributed by atoms with Gasteiger partial charge in [-0.3, -0.25) is 4.79 Å². The maximum absolute atomic E-state index is 12.1. The second-order valence-electron chi connectivity index (χ2n) is 5.00. The van der Waals surface area contributed by atoms with E-state index in [9.17, 15) is 4.79 Å². The average Bonchev–Trinajstić information content (AvgIpc) is 2.72. The van der Waals surface area contributed by atoms with Crippen LogP contribution in [0.1, 0.15) is 16.7 Å². The topological polar surface area (TPSA) is 41.5 Å². The average molecular weight is 364 g/mol. The maximum Gasteiger partial charge on any atom is 0.275 e. The zero-order valence-electron chi connectivity index (χ0n) is 11.5. The van der Waals surface area contributed by atoms with Crippen molar-refractivity contribution in [2.75, 3.05) is 5.32 Å². The third-order valence-corrected chi connectivity index (χ3v) is 4.85. The number of carbonyl (C=O) groups is 1. The molecule has 1 aliphatic heterocycles. The molecule has 0 radical (unpaired) electrons. The first-order valence-electron chi connectivity index (χ1n) is 6.42. The van der Waals surface area contributed by atoms with Gasteiger partial charge in [0.25, 0.3) is 5.91 Å². The Morgan fingerprint density at radius 2 is 1.81 bits per heavy atom. The maximum atomic E-state index is 12.1. The number of benzene rings is 2. The molecule has 1 heterocycles. The van der Waals surface area contributed by atoms with Crippen molar-refractivity contribution < 1.29 is 4.79 Å². The van der Waals surface area contributed by atoms with E-state index in [2.05, 4.69) is 26.2 Å². The highest BCUT2D eigenvalue weighted by molar-refractivity contribution is 9.10. The molecule has 0 saturated carbocycles. The van der Waals surface area contributed by atoms with E-state index in [4.69, 9.17) is 11.6 Å². The van der Waals surface area contributed by atoms with Gasteiger partial charge in [-0.1, -0.05) is 27.5 Å². The highest BCUT2D eigenvalue weighted by atomic mass is 79.9. The summed E-state index contributed by atoms with van der Waals surface area (Å²) >= 11 is 9.54. The number of nitrogens with one attached hydrogen (secondary N) is 1. The van der Waals surface area contributed by atoms with Crippen LogP contribution in [0.4, 0.5) is 11.4 Å². The fraction of sp³-hybridized carbons (Fsp3) is 0.125. The van der Waals surface area contributed by atoms with E-state index < -0.39 is 0 Å². The SMILES string of the molecule is Cc1cc(N=C2C(=O)Nc3ccc(Cl)cc32)cc(C)c1Br. The van der Waals surface area contributed by atoms with Crippen LogP contribution in [0.15, 0.2) is 39.8 Å². The van der Waals surface area contributed by atoms with Gasteiger partial charge < -0.3 is 5.32 Å². The van der Waals surface area contributed by atoms with E-state index >= 15 is 0 Å². The largest absolute Gasteiger partial charge is 0.320 e. The Bertz CT molecular complexity index is 776. The highest BCUT2D eigenvalue weighted by Gasteiger charge is 2.26. The molecule has 0 aliphatic carbocycles. The first-order valence-corrected chi connectivity index (χ1v) is 7.59. The number of rotatable bonds is 1. The van der Waals surface area contributed by atoms with Crippen molar-refractivity contribution in [3.8, 4) is 0 Å². The fourth-order valence-corrected chi connectivity index (χ4v) is 2.75. The van der Waals surface area contributed by atoms with Gasteiger partial charge in [0, 0.05) is 15.1 Å². The summed E-state index contributed by atoms with van der Waals surface area (Å²) in [6.07, 6.45) is 0. The van der Waals surface area contributed by atoms with Crippen LogP contribution >= 0.6 is 27.5 Å². The van der Waals surface area contributed by atoms with Gasteiger partial charge in [-0.15, -0.1) is 0 Å². The molecule has 1 amide bonds. The Hall–Kier alpha value is -1.65. The molecule has 1 N–H and O–H groups in total. The molecule has 106 valence electrons. The van der Waals surface area contributed by atoms with Gasteiger partial charge in [0.05, 0.1) is 11.4 Å². The third kappa shape index (κ3) is 2.61. The number of amides is 1. The minimum Gasteiger partial charge on any atom is -0.320 e. The van der Waals surface area contributed by atoms with Crippen LogP contribution in [-0.2, 0) is 4.79 Å². The van der Waals surface area contributed by atoms with E-state index in [0.717, 1.165) is 32.5 Å². The van der Waals surface area contributed by atoms with Crippen LogP contribution in [0.25, 0.3) is 0 Å². The molecule has 0 aromatic heterocycles. The number of halogens is 2. The fourth-order valence-electron chi connectivity index (χ4n) is 2.35. The van der Waals surface area contributed by atoms with Gasteiger partial charge in [0.1, 0.15) is 5.71 Å². The van der Waals surface area contributed by atoms with Gasteiger partial charge in [-0.2, -0.15) is 0 Å². The van der Waals surface area contributed by atoms with Gasteiger partial charge in [-0.05, 0) is 55.3 Å². The van der Waals surface area contributed by atoms with Crippen LogP contribution in [0.2, 0.25) is 5.02 Å². The quantitative estimate of drug-likeness (QED) is 0.777. The number of nitrogens with zero attached hydrogens (tertiary/aromatic N) is 1. The summed E-state index contributed by atoms with van der Waals surface area (Å²) in [6.45, 7) is 4.00. The van der Waals surface area contributed by atoms with E-state index in [-0.39, 0.29) is 5.91 Å². The predicted molar refractivity (Wildman–Crippen MR) is 89.9 cm³/mol.